The summed E-state index contributed by atoms with van der Waals surface area (Å²) in [5, 5.41) is 13.0. The summed E-state index contributed by atoms with van der Waals surface area (Å²) in [5.74, 6) is 0.792. The predicted molar refractivity (Wildman–Crippen MR) is 130 cm³/mol. The SMILES string of the molecule is CC(C)n1c([C@@H](C)Nc2nc(N)ncc2C#N)nc2cccc(-c3ccc(=O)n(C)c3)c2c1=O. The zero-order valence-corrected chi connectivity index (χ0v) is 19.3. The molecule has 0 saturated heterocycles. The van der Waals surface area contributed by atoms with Crippen molar-refractivity contribution in [3.05, 3.63) is 74.8 Å². The normalized spacial score (nSPS) is 12.0. The van der Waals surface area contributed by atoms with Gasteiger partial charge in [0.2, 0.25) is 11.5 Å². The molecule has 0 fully saturated rings. The first-order valence-electron chi connectivity index (χ1n) is 10.7. The number of nitrogens with zero attached hydrogens (tertiary/aromatic N) is 6. The van der Waals surface area contributed by atoms with Gasteiger partial charge in [-0.05, 0) is 44.0 Å². The van der Waals surface area contributed by atoms with E-state index < -0.39 is 6.04 Å². The molecule has 172 valence electrons. The number of nitrogen functional groups attached to an aromatic ring is 1. The minimum atomic E-state index is -0.470. The average Bonchev–Trinajstić information content (AvgIpc) is 2.80. The molecule has 34 heavy (non-hydrogen) atoms. The van der Waals surface area contributed by atoms with Gasteiger partial charge in [-0.1, -0.05) is 12.1 Å². The molecule has 0 saturated carbocycles. The Balaban J connectivity index is 1.91. The van der Waals surface area contributed by atoms with Crippen LogP contribution >= 0.6 is 0 Å². The Hall–Kier alpha value is -4.52. The molecule has 0 aliphatic heterocycles. The predicted octanol–water partition coefficient (Wildman–Crippen LogP) is 2.76. The highest BCUT2D eigenvalue weighted by Gasteiger charge is 2.22. The van der Waals surface area contributed by atoms with Crippen LogP contribution in [0.1, 0.15) is 44.2 Å². The Kier molecular flexibility index (Phi) is 5.86. The van der Waals surface area contributed by atoms with Gasteiger partial charge < -0.3 is 15.6 Å². The molecular formula is C24H24N8O2. The summed E-state index contributed by atoms with van der Waals surface area (Å²) in [4.78, 5) is 38.5. The van der Waals surface area contributed by atoms with E-state index in [-0.39, 0.29) is 34.5 Å². The maximum Gasteiger partial charge on any atom is 0.262 e. The standard InChI is InChI=1S/C24H24N8O2/c1-13(2)32-22(14(3)28-21-16(10-25)11-27-24(26)30-21)29-18-7-5-6-17(20(18)23(32)34)15-8-9-19(33)31(4)12-15/h5-9,11-14H,1-4H3,(H3,26,27,28,30)/t14-/m1/s1. The number of hydrogen-bond donors (Lipinski definition) is 2. The van der Waals surface area contributed by atoms with E-state index in [4.69, 9.17) is 10.7 Å². The molecule has 4 rings (SSSR count). The summed E-state index contributed by atoms with van der Waals surface area (Å²) < 4.78 is 3.10. The van der Waals surface area contributed by atoms with Crippen molar-refractivity contribution in [3.63, 3.8) is 0 Å². The van der Waals surface area contributed by atoms with E-state index in [0.29, 0.717) is 22.3 Å². The fraction of sp³-hybridized carbons (Fsp3) is 0.250. The zero-order chi connectivity index (χ0) is 24.6. The van der Waals surface area contributed by atoms with Crippen molar-refractivity contribution < 1.29 is 0 Å². The van der Waals surface area contributed by atoms with Gasteiger partial charge in [0.15, 0.2) is 0 Å². The van der Waals surface area contributed by atoms with Crippen molar-refractivity contribution in [2.75, 3.05) is 11.1 Å². The van der Waals surface area contributed by atoms with E-state index in [9.17, 15) is 14.9 Å². The summed E-state index contributed by atoms with van der Waals surface area (Å²) in [6, 6.07) is 10.0. The lowest BCUT2D eigenvalue weighted by molar-refractivity contribution is 0.525. The van der Waals surface area contributed by atoms with Crippen LogP contribution in [0.4, 0.5) is 11.8 Å². The summed E-state index contributed by atoms with van der Waals surface area (Å²) in [6.07, 6.45) is 3.05. The Morgan fingerprint density at radius 3 is 2.56 bits per heavy atom. The Morgan fingerprint density at radius 2 is 1.88 bits per heavy atom. The van der Waals surface area contributed by atoms with Crippen LogP contribution in [0.2, 0.25) is 0 Å². The third kappa shape index (κ3) is 3.99. The van der Waals surface area contributed by atoms with Crippen LogP contribution in [0, 0.1) is 11.3 Å². The third-order valence-electron chi connectivity index (χ3n) is 5.54. The number of nitrogens with one attached hydrogen (secondary N) is 1. The van der Waals surface area contributed by atoms with Gasteiger partial charge in [-0.2, -0.15) is 10.2 Å². The maximum atomic E-state index is 13.8. The molecule has 3 aromatic heterocycles. The average molecular weight is 457 g/mol. The first-order valence-corrected chi connectivity index (χ1v) is 10.7. The molecule has 0 aliphatic carbocycles. The van der Waals surface area contributed by atoms with E-state index in [1.54, 1.807) is 29.9 Å². The van der Waals surface area contributed by atoms with E-state index in [0.717, 1.165) is 5.56 Å². The lowest BCUT2D eigenvalue weighted by atomic mass is 10.0. The molecule has 10 nitrogen and oxygen atoms in total. The Labute approximate surface area is 195 Å². The largest absolute Gasteiger partial charge is 0.368 e. The summed E-state index contributed by atoms with van der Waals surface area (Å²) in [5.41, 5.74) is 7.57. The summed E-state index contributed by atoms with van der Waals surface area (Å²) >= 11 is 0. The molecule has 10 heteroatoms. The quantitative estimate of drug-likeness (QED) is 0.466. The number of nitrogens with two attached hydrogens (primary N) is 1. The minimum absolute atomic E-state index is 0.0309. The van der Waals surface area contributed by atoms with Crippen molar-refractivity contribution in [1.29, 1.82) is 5.26 Å². The lowest BCUT2D eigenvalue weighted by Crippen LogP contribution is -2.30. The molecule has 0 bridgehead atoms. The van der Waals surface area contributed by atoms with Gasteiger partial charge in [-0.3, -0.25) is 14.2 Å². The van der Waals surface area contributed by atoms with Gasteiger partial charge in [-0.25, -0.2) is 9.97 Å². The lowest BCUT2D eigenvalue weighted by Gasteiger charge is -2.23. The number of pyridine rings is 1. The molecule has 0 amide bonds. The zero-order valence-electron chi connectivity index (χ0n) is 19.3. The van der Waals surface area contributed by atoms with E-state index >= 15 is 0 Å². The van der Waals surface area contributed by atoms with Gasteiger partial charge in [0.05, 0.1) is 23.1 Å². The van der Waals surface area contributed by atoms with E-state index in [1.165, 1.54) is 16.8 Å². The second-order valence-electron chi connectivity index (χ2n) is 8.27. The van der Waals surface area contributed by atoms with Crippen LogP contribution in [-0.2, 0) is 7.05 Å². The van der Waals surface area contributed by atoms with E-state index in [2.05, 4.69) is 15.3 Å². The van der Waals surface area contributed by atoms with Gasteiger partial charge in [-0.15, -0.1) is 0 Å². The van der Waals surface area contributed by atoms with Gasteiger partial charge >= 0.3 is 0 Å². The molecule has 0 unspecified atom stereocenters. The molecule has 0 spiro atoms. The van der Waals surface area contributed by atoms with Crippen molar-refractivity contribution in [1.82, 2.24) is 24.1 Å². The van der Waals surface area contributed by atoms with Crippen molar-refractivity contribution in [2.24, 2.45) is 7.05 Å². The Morgan fingerprint density at radius 1 is 1.12 bits per heavy atom. The Bertz CT molecular complexity index is 1560. The van der Waals surface area contributed by atoms with Crippen molar-refractivity contribution in [3.8, 4) is 17.2 Å². The van der Waals surface area contributed by atoms with Crippen LogP contribution in [0.3, 0.4) is 0 Å². The number of rotatable bonds is 5. The van der Waals surface area contributed by atoms with Gasteiger partial charge in [0, 0.05) is 25.4 Å². The van der Waals surface area contributed by atoms with Crippen molar-refractivity contribution in [2.45, 2.75) is 32.9 Å². The summed E-state index contributed by atoms with van der Waals surface area (Å²) in [6.45, 7) is 5.65. The van der Waals surface area contributed by atoms with Crippen molar-refractivity contribution >= 4 is 22.7 Å². The minimum Gasteiger partial charge on any atom is -0.368 e. The number of aromatic nitrogens is 5. The number of aryl methyl sites for hydroxylation is 1. The second-order valence-corrected chi connectivity index (χ2v) is 8.27. The molecule has 0 radical (unpaired) electrons. The van der Waals surface area contributed by atoms with Crippen LogP contribution in [0.5, 0.6) is 0 Å². The molecule has 1 aromatic carbocycles. The number of nitriles is 1. The highest BCUT2D eigenvalue weighted by atomic mass is 16.1. The van der Waals surface area contributed by atoms with Gasteiger partial charge in [0.1, 0.15) is 23.3 Å². The highest BCUT2D eigenvalue weighted by Crippen LogP contribution is 2.28. The molecule has 0 aliphatic rings. The van der Waals surface area contributed by atoms with Gasteiger partial charge in [0.25, 0.3) is 5.56 Å². The molecule has 1 atom stereocenters. The smallest absolute Gasteiger partial charge is 0.262 e. The number of fused-ring (bicyclic) bond motifs is 1. The van der Waals surface area contributed by atoms with Crippen LogP contribution in [0.15, 0.2) is 52.3 Å². The first-order chi connectivity index (χ1) is 16.2. The number of benzene rings is 1. The monoisotopic (exact) mass is 456 g/mol. The fourth-order valence-electron chi connectivity index (χ4n) is 3.92. The summed E-state index contributed by atoms with van der Waals surface area (Å²) in [7, 11) is 1.67. The molecule has 3 N–H and O–H groups in total. The highest BCUT2D eigenvalue weighted by molar-refractivity contribution is 5.93. The van der Waals surface area contributed by atoms with E-state index in [1.807, 2.05) is 39.0 Å². The maximum absolute atomic E-state index is 13.8. The fourth-order valence-corrected chi connectivity index (χ4v) is 3.92. The number of anilines is 2. The molecular weight excluding hydrogens is 432 g/mol. The molecule has 4 aromatic rings. The van der Waals surface area contributed by atoms with Crippen LogP contribution in [0.25, 0.3) is 22.0 Å². The molecule has 3 heterocycles. The first kappa shape index (κ1) is 22.7. The van der Waals surface area contributed by atoms with Crippen LogP contribution in [-0.4, -0.2) is 24.1 Å². The third-order valence-corrected chi connectivity index (χ3v) is 5.54. The van der Waals surface area contributed by atoms with Crippen LogP contribution < -0.4 is 22.2 Å². The second kappa shape index (κ2) is 8.78. The topological polar surface area (TPSA) is 145 Å². The number of hydrogen-bond acceptors (Lipinski definition) is 8.